The molecule has 11 nitrogen and oxygen atoms in total. The fourth-order valence-corrected chi connectivity index (χ4v) is 6.29. The van der Waals surface area contributed by atoms with Crippen molar-refractivity contribution in [2.24, 2.45) is 0 Å². The van der Waals surface area contributed by atoms with E-state index >= 15 is 0 Å². The van der Waals surface area contributed by atoms with Crippen LogP contribution in [0.2, 0.25) is 10.0 Å². The number of hydrogen-bond acceptors (Lipinski definition) is 12. The van der Waals surface area contributed by atoms with E-state index in [4.69, 9.17) is 42.1 Å². The van der Waals surface area contributed by atoms with E-state index in [0.29, 0.717) is 21.3 Å². The molecule has 18 heteroatoms. The maximum Gasteiger partial charge on any atom is 0.434 e. The number of carbonyl (C=O) groups is 3. The molecule has 0 bridgehead atoms. The first kappa shape index (κ1) is 32.0. The Morgan fingerprint density at radius 2 is 1.76 bits per heavy atom. The summed E-state index contributed by atoms with van der Waals surface area (Å²) in [4.78, 5) is 40.3. The third-order valence-corrected chi connectivity index (χ3v) is 8.39. The van der Waals surface area contributed by atoms with Crippen LogP contribution in [-0.2, 0) is 39.5 Å². The average molecular weight is 669 g/mol. The molecule has 1 saturated heterocycles. The van der Waals surface area contributed by atoms with Gasteiger partial charge in [-0.2, -0.15) is 13.2 Å². The number of aromatic nitrogens is 4. The van der Waals surface area contributed by atoms with Crippen molar-refractivity contribution in [2.75, 3.05) is 6.61 Å². The van der Waals surface area contributed by atoms with Gasteiger partial charge in [-0.05, 0) is 18.2 Å². The van der Waals surface area contributed by atoms with Gasteiger partial charge < -0.3 is 18.9 Å². The molecular weight excluding hydrogens is 648 g/mol. The second-order valence-corrected chi connectivity index (χ2v) is 11.6. The van der Waals surface area contributed by atoms with Gasteiger partial charge in [0.05, 0.1) is 16.2 Å². The molecule has 3 aromatic rings. The molecule has 4 rings (SSSR count). The predicted octanol–water partition coefficient (Wildman–Crippen LogP) is 5.21. The van der Waals surface area contributed by atoms with E-state index in [1.165, 1.54) is 17.8 Å². The lowest BCUT2D eigenvalue weighted by Gasteiger charge is -2.44. The van der Waals surface area contributed by atoms with Gasteiger partial charge in [-0.3, -0.25) is 14.4 Å². The SMILES string of the molecule is CC(=O)OCC1O[C@H](Sc2ccc(Cl)c(Cl)c2)C(OC(C)=O)C(n2cc(-c3nc(C(F)(F)F)cs3)nn2)[C@H]1OC(C)=O. The Morgan fingerprint density at radius 3 is 2.36 bits per heavy atom. The summed E-state index contributed by atoms with van der Waals surface area (Å²) in [6, 6.07) is 3.62. The van der Waals surface area contributed by atoms with E-state index in [2.05, 4.69) is 15.3 Å². The maximum absolute atomic E-state index is 13.1. The molecule has 1 aliphatic rings. The number of hydrogen-bond donors (Lipinski definition) is 0. The Balaban J connectivity index is 1.79. The number of thioether (sulfide) groups is 1. The molecule has 226 valence electrons. The van der Waals surface area contributed by atoms with Crippen LogP contribution in [0.3, 0.4) is 0 Å². The summed E-state index contributed by atoms with van der Waals surface area (Å²) in [6.07, 6.45) is -6.94. The maximum atomic E-state index is 13.1. The van der Waals surface area contributed by atoms with Crippen LogP contribution in [0.4, 0.5) is 13.2 Å². The van der Waals surface area contributed by atoms with Crippen LogP contribution in [0.5, 0.6) is 0 Å². The number of halogens is 5. The Kier molecular flexibility index (Phi) is 10.0. The van der Waals surface area contributed by atoms with Gasteiger partial charge in [0.15, 0.2) is 17.9 Å². The zero-order chi connectivity index (χ0) is 30.8. The minimum atomic E-state index is -4.66. The lowest BCUT2D eigenvalue weighted by molar-refractivity contribution is -0.212. The standard InChI is InChI=1S/C24H21Cl2F3N4O7S2/c1-10(34)37-8-17-20(38-11(2)35)19(33-7-16(31-32-33)22-30-18(9-41-22)24(27,28)29)21(39-12(3)36)23(40-17)42-13-4-5-14(25)15(26)6-13/h4-7,9,17,19-21,23H,8H2,1-3H3/t17?,19?,20-,21?,23+/m0/s1. The van der Waals surface area contributed by atoms with Gasteiger partial charge in [-0.15, -0.1) is 16.4 Å². The second kappa shape index (κ2) is 13.2. The fourth-order valence-electron chi connectivity index (χ4n) is 4.00. The molecule has 3 unspecified atom stereocenters. The van der Waals surface area contributed by atoms with Crippen LogP contribution >= 0.6 is 46.3 Å². The molecule has 0 aliphatic carbocycles. The third-order valence-electron chi connectivity index (χ3n) is 5.64. The summed E-state index contributed by atoms with van der Waals surface area (Å²) in [5.41, 5.74) is -2.14. The first-order valence-corrected chi connectivity index (χ1v) is 14.4. The van der Waals surface area contributed by atoms with Crippen LogP contribution in [0.25, 0.3) is 10.7 Å². The number of nitrogens with zero attached hydrogens (tertiary/aromatic N) is 4. The molecule has 0 saturated carbocycles. The van der Waals surface area contributed by atoms with E-state index in [0.717, 1.165) is 31.0 Å². The fraction of sp³-hybridized carbons (Fsp3) is 0.417. The molecule has 1 fully saturated rings. The highest BCUT2D eigenvalue weighted by Gasteiger charge is 2.52. The smallest absolute Gasteiger partial charge is 0.434 e. The highest BCUT2D eigenvalue weighted by Crippen LogP contribution is 2.42. The quantitative estimate of drug-likeness (QED) is 0.231. The summed E-state index contributed by atoms with van der Waals surface area (Å²) in [6.45, 7) is 3.11. The monoisotopic (exact) mass is 668 g/mol. The normalized spacial score (nSPS) is 22.4. The Hall–Kier alpha value is -2.92. The first-order valence-electron chi connectivity index (χ1n) is 11.9. The molecular formula is C24H21Cl2F3N4O7S2. The number of carbonyl (C=O) groups excluding carboxylic acids is 3. The van der Waals surface area contributed by atoms with Crippen molar-refractivity contribution < 1.29 is 46.5 Å². The largest absolute Gasteiger partial charge is 0.463 e. The van der Waals surface area contributed by atoms with Gasteiger partial charge in [0, 0.05) is 31.0 Å². The zero-order valence-electron chi connectivity index (χ0n) is 21.8. The first-order chi connectivity index (χ1) is 19.7. The van der Waals surface area contributed by atoms with Crippen LogP contribution in [0, 0.1) is 0 Å². The minimum Gasteiger partial charge on any atom is -0.463 e. The van der Waals surface area contributed by atoms with Crippen molar-refractivity contribution in [2.45, 2.75) is 61.6 Å². The summed E-state index contributed by atoms with van der Waals surface area (Å²) in [5.74, 6) is -2.10. The van der Waals surface area contributed by atoms with Crippen molar-refractivity contribution in [3.8, 4) is 10.7 Å². The third kappa shape index (κ3) is 7.72. The number of ether oxygens (including phenoxy) is 4. The van der Waals surface area contributed by atoms with Crippen LogP contribution in [0.15, 0.2) is 34.7 Å². The van der Waals surface area contributed by atoms with Gasteiger partial charge >= 0.3 is 24.1 Å². The summed E-state index contributed by atoms with van der Waals surface area (Å²) in [5, 5.41) is 9.33. The number of rotatable bonds is 8. The molecule has 3 heterocycles. The van der Waals surface area contributed by atoms with Crippen molar-refractivity contribution >= 4 is 64.2 Å². The van der Waals surface area contributed by atoms with Gasteiger partial charge in [0.25, 0.3) is 0 Å². The summed E-state index contributed by atoms with van der Waals surface area (Å²) in [7, 11) is 0. The van der Waals surface area contributed by atoms with Crippen LogP contribution < -0.4 is 0 Å². The molecule has 0 spiro atoms. The van der Waals surface area contributed by atoms with Crippen LogP contribution in [-0.4, -0.2) is 68.2 Å². The van der Waals surface area contributed by atoms with Gasteiger partial charge in [0.1, 0.15) is 34.9 Å². The molecule has 0 N–H and O–H groups in total. The molecule has 0 radical (unpaired) electrons. The molecule has 5 atom stereocenters. The van der Waals surface area contributed by atoms with E-state index in [1.807, 2.05) is 0 Å². The number of esters is 3. The van der Waals surface area contributed by atoms with Crippen molar-refractivity contribution in [1.29, 1.82) is 0 Å². The lowest BCUT2D eigenvalue weighted by atomic mass is 9.96. The number of alkyl halides is 3. The van der Waals surface area contributed by atoms with E-state index in [1.54, 1.807) is 18.2 Å². The highest BCUT2D eigenvalue weighted by atomic mass is 35.5. The Labute approximate surface area is 254 Å². The van der Waals surface area contributed by atoms with Crippen molar-refractivity contribution in [3.05, 3.63) is 45.5 Å². The predicted molar refractivity (Wildman–Crippen MR) is 144 cm³/mol. The minimum absolute atomic E-state index is 0.0182. The van der Waals surface area contributed by atoms with E-state index in [9.17, 15) is 27.6 Å². The van der Waals surface area contributed by atoms with E-state index < -0.39 is 59.6 Å². The highest BCUT2D eigenvalue weighted by molar-refractivity contribution is 7.99. The zero-order valence-corrected chi connectivity index (χ0v) is 25.0. The Bertz CT molecular complexity index is 1470. The topological polar surface area (TPSA) is 132 Å². The lowest BCUT2D eigenvalue weighted by Crippen LogP contribution is -2.57. The van der Waals surface area contributed by atoms with Crippen molar-refractivity contribution in [1.82, 2.24) is 20.0 Å². The van der Waals surface area contributed by atoms with Gasteiger partial charge in [0.2, 0.25) is 0 Å². The van der Waals surface area contributed by atoms with Crippen LogP contribution in [0.1, 0.15) is 32.5 Å². The molecule has 42 heavy (non-hydrogen) atoms. The number of benzene rings is 1. The van der Waals surface area contributed by atoms with Gasteiger partial charge in [-0.1, -0.05) is 40.2 Å². The molecule has 0 amide bonds. The molecule has 1 aromatic carbocycles. The molecule has 2 aromatic heterocycles. The Morgan fingerprint density at radius 1 is 1.07 bits per heavy atom. The average Bonchev–Trinajstić information content (AvgIpc) is 3.56. The summed E-state index contributed by atoms with van der Waals surface area (Å²) < 4.78 is 63.2. The van der Waals surface area contributed by atoms with Gasteiger partial charge in [-0.25, -0.2) is 9.67 Å². The summed E-state index contributed by atoms with van der Waals surface area (Å²) >= 11 is 14.0. The van der Waals surface area contributed by atoms with Crippen molar-refractivity contribution in [3.63, 3.8) is 0 Å². The van der Waals surface area contributed by atoms with E-state index in [-0.39, 0.29) is 22.3 Å². The molecule has 1 aliphatic heterocycles. The number of thiazole rings is 1. The second-order valence-electron chi connectivity index (χ2n) is 8.80.